The molecule has 0 spiro atoms. The lowest BCUT2D eigenvalue weighted by Crippen LogP contribution is -2.02. The third kappa shape index (κ3) is 2.63. The number of ether oxygens (including phenoxy) is 2. The molecule has 0 N–H and O–H groups in total. The topological polar surface area (TPSA) is 35.5 Å². The monoisotopic (exact) mass is 288 g/mol. The first kappa shape index (κ1) is 13.0. The summed E-state index contributed by atoms with van der Waals surface area (Å²) in [7, 11) is 0. The molecule has 0 saturated heterocycles. The molecule has 0 atom stereocenters. The number of halogens is 1. The lowest BCUT2D eigenvalue weighted by molar-refractivity contribution is 0.103. The van der Waals surface area contributed by atoms with E-state index in [9.17, 15) is 4.79 Å². The van der Waals surface area contributed by atoms with Crippen LogP contribution in [0.3, 0.4) is 0 Å². The highest BCUT2D eigenvalue weighted by Gasteiger charge is 2.15. The van der Waals surface area contributed by atoms with Crippen LogP contribution in [0.4, 0.5) is 0 Å². The number of benzene rings is 2. The van der Waals surface area contributed by atoms with E-state index < -0.39 is 0 Å². The summed E-state index contributed by atoms with van der Waals surface area (Å²) in [5.41, 5.74) is 1.13. The van der Waals surface area contributed by atoms with E-state index in [0.717, 1.165) is 6.42 Å². The van der Waals surface area contributed by atoms with Crippen LogP contribution in [0.15, 0.2) is 42.5 Å². The highest BCUT2D eigenvalue weighted by Crippen LogP contribution is 2.31. The van der Waals surface area contributed by atoms with Crippen LogP contribution in [-0.4, -0.2) is 19.0 Å². The molecule has 2 aromatic carbocycles. The lowest BCUT2D eigenvalue weighted by Gasteiger charge is -2.09. The van der Waals surface area contributed by atoms with Gasteiger partial charge in [0.1, 0.15) is 0 Å². The maximum Gasteiger partial charge on any atom is 0.193 e. The molecule has 1 aliphatic rings. The largest absolute Gasteiger partial charge is 0.490 e. The Hall–Kier alpha value is -2.00. The van der Waals surface area contributed by atoms with Crippen molar-refractivity contribution in [3.63, 3.8) is 0 Å². The van der Waals surface area contributed by atoms with Gasteiger partial charge in [0.15, 0.2) is 17.3 Å². The van der Waals surface area contributed by atoms with Crippen molar-refractivity contribution in [1.29, 1.82) is 0 Å². The number of fused-ring (bicyclic) bond motifs is 1. The second-order valence-corrected chi connectivity index (χ2v) is 4.99. The van der Waals surface area contributed by atoms with Crippen LogP contribution in [0.1, 0.15) is 22.3 Å². The van der Waals surface area contributed by atoms with E-state index in [1.165, 1.54) is 0 Å². The molecular weight excluding hydrogens is 276 g/mol. The maximum atomic E-state index is 12.4. The molecule has 20 heavy (non-hydrogen) atoms. The van der Waals surface area contributed by atoms with Gasteiger partial charge in [0.2, 0.25) is 0 Å². The summed E-state index contributed by atoms with van der Waals surface area (Å²) in [6.07, 6.45) is 0.840. The summed E-state index contributed by atoms with van der Waals surface area (Å²) in [5, 5.41) is 0.546. The van der Waals surface area contributed by atoms with Crippen LogP contribution in [0.25, 0.3) is 0 Å². The molecule has 1 aliphatic heterocycles. The Balaban J connectivity index is 1.94. The van der Waals surface area contributed by atoms with Crippen molar-refractivity contribution in [2.24, 2.45) is 0 Å². The first-order valence-corrected chi connectivity index (χ1v) is 6.82. The van der Waals surface area contributed by atoms with Gasteiger partial charge in [0.25, 0.3) is 0 Å². The number of hydrogen-bond acceptors (Lipinski definition) is 3. The standard InChI is InChI=1S/C16H13ClO3/c17-13-4-1-3-11(9-13)16(18)12-5-6-14-15(10-12)20-8-2-7-19-14/h1,3-6,9-10H,2,7-8H2. The van der Waals surface area contributed by atoms with Crippen LogP contribution in [0.5, 0.6) is 11.5 Å². The highest BCUT2D eigenvalue weighted by molar-refractivity contribution is 6.31. The second-order valence-electron chi connectivity index (χ2n) is 4.55. The summed E-state index contributed by atoms with van der Waals surface area (Å²) >= 11 is 5.92. The molecule has 4 heteroatoms. The quantitative estimate of drug-likeness (QED) is 0.790. The molecule has 0 bridgehead atoms. The zero-order valence-electron chi connectivity index (χ0n) is 10.8. The number of ketones is 1. The average molecular weight is 289 g/mol. The molecule has 0 saturated carbocycles. The molecule has 1 heterocycles. The summed E-state index contributed by atoms with van der Waals surface area (Å²) in [6, 6.07) is 12.2. The first-order chi connectivity index (χ1) is 9.74. The first-order valence-electron chi connectivity index (χ1n) is 6.44. The Labute approximate surface area is 122 Å². The smallest absolute Gasteiger partial charge is 0.193 e. The molecule has 0 unspecified atom stereocenters. The molecule has 3 nitrogen and oxygen atoms in total. The zero-order chi connectivity index (χ0) is 13.9. The van der Waals surface area contributed by atoms with E-state index in [2.05, 4.69) is 0 Å². The molecule has 0 aromatic heterocycles. The van der Waals surface area contributed by atoms with Gasteiger partial charge in [-0.25, -0.2) is 0 Å². The van der Waals surface area contributed by atoms with Crippen LogP contribution in [0, 0.1) is 0 Å². The van der Waals surface area contributed by atoms with Crippen LogP contribution < -0.4 is 9.47 Å². The van der Waals surface area contributed by atoms with Crippen LogP contribution >= 0.6 is 11.6 Å². The van der Waals surface area contributed by atoms with Gasteiger partial charge < -0.3 is 9.47 Å². The molecule has 3 rings (SSSR count). The van der Waals surface area contributed by atoms with E-state index in [-0.39, 0.29) is 5.78 Å². The van der Waals surface area contributed by atoms with Gasteiger partial charge >= 0.3 is 0 Å². The van der Waals surface area contributed by atoms with Crippen LogP contribution in [0.2, 0.25) is 5.02 Å². The SMILES string of the molecule is O=C(c1cccc(Cl)c1)c1ccc2c(c1)OCCCO2. The molecular formula is C16H13ClO3. The van der Waals surface area contributed by atoms with Gasteiger partial charge in [-0.05, 0) is 30.3 Å². The molecule has 2 aromatic rings. The summed E-state index contributed by atoms with van der Waals surface area (Å²) in [6.45, 7) is 1.23. The van der Waals surface area contributed by atoms with E-state index >= 15 is 0 Å². The zero-order valence-corrected chi connectivity index (χ0v) is 11.5. The van der Waals surface area contributed by atoms with Crippen molar-refractivity contribution in [3.05, 3.63) is 58.6 Å². The molecule has 0 fully saturated rings. The summed E-state index contributed by atoms with van der Waals surface area (Å²) in [5.74, 6) is 1.23. The minimum absolute atomic E-state index is 0.0804. The summed E-state index contributed by atoms with van der Waals surface area (Å²) < 4.78 is 11.1. The summed E-state index contributed by atoms with van der Waals surface area (Å²) in [4.78, 5) is 12.4. The van der Waals surface area contributed by atoms with Crippen LogP contribution in [-0.2, 0) is 0 Å². The minimum atomic E-state index is -0.0804. The maximum absolute atomic E-state index is 12.4. The Morgan fingerprint density at radius 1 is 0.950 bits per heavy atom. The number of hydrogen-bond donors (Lipinski definition) is 0. The van der Waals surface area contributed by atoms with Crippen molar-refractivity contribution in [1.82, 2.24) is 0 Å². The second kappa shape index (κ2) is 5.55. The number of rotatable bonds is 2. The van der Waals surface area contributed by atoms with E-state index in [4.69, 9.17) is 21.1 Å². The molecule has 102 valence electrons. The van der Waals surface area contributed by atoms with Crippen molar-refractivity contribution in [2.45, 2.75) is 6.42 Å². The molecule has 0 aliphatic carbocycles. The average Bonchev–Trinajstić information content (AvgIpc) is 2.71. The fourth-order valence-corrected chi connectivity index (χ4v) is 2.29. The van der Waals surface area contributed by atoms with Crippen molar-refractivity contribution in [2.75, 3.05) is 13.2 Å². The van der Waals surface area contributed by atoms with E-state index in [0.29, 0.717) is 40.9 Å². The van der Waals surface area contributed by atoms with Gasteiger partial charge in [0.05, 0.1) is 13.2 Å². The number of carbonyl (C=O) groups is 1. The van der Waals surface area contributed by atoms with Gasteiger partial charge in [-0.3, -0.25) is 4.79 Å². The number of carbonyl (C=O) groups excluding carboxylic acids is 1. The molecule has 0 radical (unpaired) electrons. The van der Waals surface area contributed by atoms with Crippen molar-refractivity contribution in [3.8, 4) is 11.5 Å². The van der Waals surface area contributed by atoms with Gasteiger partial charge in [-0.1, -0.05) is 23.7 Å². The molecule has 0 amide bonds. The lowest BCUT2D eigenvalue weighted by atomic mass is 10.0. The Bertz CT molecular complexity index is 652. The van der Waals surface area contributed by atoms with Gasteiger partial charge in [-0.15, -0.1) is 0 Å². The minimum Gasteiger partial charge on any atom is -0.490 e. The third-order valence-corrected chi connectivity index (χ3v) is 3.33. The van der Waals surface area contributed by atoms with Gasteiger partial charge in [-0.2, -0.15) is 0 Å². The predicted molar refractivity (Wildman–Crippen MR) is 76.9 cm³/mol. The van der Waals surface area contributed by atoms with Crippen molar-refractivity contribution >= 4 is 17.4 Å². The Morgan fingerprint density at radius 2 is 1.70 bits per heavy atom. The van der Waals surface area contributed by atoms with E-state index in [1.54, 1.807) is 42.5 Å². The van der Waals surface area contributed by atoms with Crippen molar-refractivity contribution < 1.29 is 14.3 Å². The highest BCUT2D eigenvalue weighted by atomic mass is 35.5. The van der Waals surface area contributed by atoms with Gasteiger partial charge in [0, 0.05) is 22.6 Å². The third-order valence-electron chi connectivity index (χ3n) is 3.10. The fraction of sp³-hybridized carbons (Fsp3) is 0.188. The fourth-order valence-electron chi connectivity index (χ4n) is 2.10. The normalized spacial score (nSPS) is 13.7. The Kier molecular flexibility index (Phi) is 3.61. The Morgan fingerprint density at radius 3 is 2.50 bits per heavy atom. The predicted octanol–water partition coefficient (Wildman–Crippen LogP) is 3.73. The van der Waals surface area contributed by atoms with E-state index in [1.807, 2.05) is 0 Å².